The van der Waals surface area contributed by atoms with Gasteiger partial charge in [-0.15, -0.1) is 6.58 Å². The molecule has 1 heteroatoms. The second-order valence-corrected chi connectivity index (χ2v) is 5.27. The van der Waals surface area contributed by atoms with Crippen LogP contribution in [0.5, 0.6) is 0 Å². The van der Waals surface area contributed by atoms with Crippen LogP contribution in [-0.2, 0) is 4.74 Å². The third-order valence-corrected chi connectivity index (χ3v) is 3.92. The summed E-state index contributed by atoms with van der Waals surface area (Å²) in [6.45, 7) is 9.61. The molecule has 1 nitrogen and oxygen atoms in total. The molecule has 0 N–H and O–H groups in total. The van der Waals surface area contributed by atoms with Crippen molar-refractivity contribution in [2.45, 2.75) is 45.1 Å². The molecular formula is C12H20O. The van der Waals surface area contributed by atoms with E-state index in [0.29, 0.717) is 11.3 Å². The normalized spacial score (nSPS) is 41.8. The van der Waals surface area contributed by atoms with Crippen LogP contribution in [0.1, 0.15) is 39.5 Å². The van der Waals surface area contributed by atoms with Crippen LogP contribution in [0.25, 0.3) is 0 Å². The summed E-state index contributed by atoms with van der Waals surface area (Å²) >= 11 is 0. The Hall–Kier alpha value is -0.300. The van der Waals surface area contributed by atoms with Gasteiger partial charge in [0.15, 0.2) is 0 Å². The Labute approximate surface area is 81.2 Å². The van der Waals surface area contributed by atoms with Gasteiger partial charge in [-0.25, -0.2) is 0 Å². The molecule has 2 atom stereocenters. The Morgan fingerprint density at radius 3 is 2.69 bits per heavy atom. The predicted octanol–water partition coefficient (Wildman–Crippen LogP) is 3.16. The number of ether oxygens (including phenoxy) is 1. The first-order valence-corrected chi connectivity index (χ1v) is 5.36. The Balaban J connectivity index is 2.17. The number of hydrogen-bond acceptors (Lipinski definition) is 1. The molecule has 13 heavy (non-hydrogen) atoms. The zero-order valence-electron chi connectivity index (χ0n) is 8.81. The van der Waals surface area contributed by atoms with Gasteiger partial charge in [0.25, 0.3) is 0 Å². The molecule has 1 heterocycles. The van der Waals surface area contributed by atoms with E-state index in [4.69, 9.17) is 4.74 Å². The molecule has 1 aliphatic heterocycles. The molecule has 1 saturated carbocycles. The van der Waals surface area contributed by atoms with Crippen molar-refractivity contribution in [1.82, 2.24) is 0 Å². The molecule has 1 spiro atoms. The lowest BCUT2D eigenvalue weighted by Gasteiger charge is -2.42. The molecule has 0 unspecified atom stereocenters. The fraction of sp³-hybridized carbons (Fsp3) is 0.833. The smallest absolute Gasteiger partial charge is 0.0952 e. The van der Waals surface area contributed by atoms with Crippen LogP contribution in [0.2, 0.25) is 0 Å². The molecule has 2 rings (SSSR count). The fourth-order valence-electron chi connectivity index (χ4n) is 3.04. The fourth-order valence-corrected chi connectivity index (χ4v) is 3.04. The maximum absolute atomic E-state index is 5.69. The molecule has 74 valence electrons. The van der Waals surface area contributed by atoms with Crippen molar-refractivity contribution in [3.63, 3.8) is 0 Å². The molecule has 2 aliphatic rings. The van der Waals surface area contributed by atoms with E-state index in [-0.39, 0.29) is 5.60 Å². The lowest BCUT2D eigenvalue weighted by molar-refractivity contribution is 0.0454. The summed E-state index contributed by atoms with van der Waals surface area (Å²) in [6.07, 6.45) is 7.13. The SMILES string of the molecule is C=CC[C@H]1C(C)(C)CCC[C@]12CO2. The summed E-state index contributed by atoms with van der Waals surface area (Å²) in [5.41, 5.74) is 0.707. The van der Waals surface area contributed by atoms with E-state index < -0.39 is 0 Å². The molecule has 0 radical (unpaired) electrons. The Kier molecular flexibility index (Phi) is 2.03. The van der Waals surface area contributed by atoms with Crippen molar-refractivity contribution in [2.24, 2.45) is 11.3 Å². The molecule has 0 aromatic heterocycles. The van der Waals surface area contributed by atoms with Gasteiger partial charge in [-0.2, -0.15) is 0 Å². The van der Waals surface area contributed by atoms with E-state index in [1.54, 1.807) is 0 Å². The topological polar surface area (TPSA) is 12.5 Å². The van der Waals surface area contributed by atoms with E-state index in [1.807, 2.05) is 0 Å². The maximum atomic E-state index is 5.69. The van der Waals surface area contributed by atoms with Gasteiger partial charge < -0.3 is 4.74 Å². The van der Waals surface area contributed by atoms with Crippen LogP contribution in [0.15, 0.2) is 12.7 Å². The predicted molar refractivity (Wildman–Crippen MR) is 54.6 cm³/mol. The first-order chi connectivity index (χ1) is 6.11. The number of allylic oxidation sites excluding steroid dienone is 1. The van der Waals surface area contributed by atoms with Gasteiger partial charge in [0.05, 0.1) is 12.2 Å². The Morgan fingerprint density at radius 1 is 1.46 bits per heavy atom. The van der Waals surface area contributed by atoms with Gasteiger partial charge >= 0.3 is 0 Å². The third-order valence-electron chi connectivity index (χ3n) is 3.92. The lowest BCUT2D eigenvalue weighted by Crippen LogP contribution is -2.40. The van der Waals surface area contributed by atoms with Gasteiger partial charge in [0.2, 0.25) is 0 Å². The minimum atomic E-state index is 0.260. The van der Waals surface area contributed by atoms with E-state index in [1.165, 1.54) is 19.3 Å². The van der Waals surface area contributed by atoms with E-state index in [0.717, 1.165) is 13.0 Å². The second-order valence-electron chi connectivity index (χ2n) is 5.27. The summed E-state index contributed by atoms with van der Waals surface area (Å²) in [4.78, 5) is 0. The quantitative estimate of drug-likeness (QED) is 0.470. The molecular weight excluding hydrogens is 160 g/mol. The Morgan fingerprint density at radius 2 is 2.15 bits per heavy atom. The van der Waals surface area contributed by atoms with Crippen LogP contribution in [-0.4, -0.2) is 12.2 Å². The molecule has 0 aromatic carbocycles. The van der Waals surface area contributed by atoms with Crippen molar-refractivity contribution in [1.29, 1.82) is 0 Å². The highest BCUT2D eigenvalue weighted by Gasteiger charge is 2.57. The van der Waals surface area contributed by atoms with Gasteiger partial charge in [0.1, 0.15) is 0 Å². The average Bonchev–Trinajstić information content (AvgIpc) is 2.79. The third kappa shape index (κ3) is 1.43. The largest absolute Gasteiger partial charge is 0.369 e. The van der Waals surface area contributed by atoms with Crippen LogP contribution in [0, 0.1) is 11.3 Å². The maximum Gasteiger partial charge on any atom is 0.0952 e. The summed E-state index contributed by atoms with van der Waals surface area (Å²) in [7, 11) is 0. The lowest BCUT2D eigenvalue weighted by atomic mass is 9.62. The molecule has 1 saturated heterocycles. The van der Waals surface area contributed by atoms with Gasteiger partial charge in [-0.05, 0) is 37.0 Å². The number of hydrogen-bond donors (Lipinski definition) is 0. The highest BCUT2D eigenvalue weighted by Crippen LogP contribution is 2.55. The number of epoxide rings is 1. The standard InChI is InChI=1S/C12H20O/c1-4-6-10-11(2,3)7-5-8-12(10)9-13-12/h4,10H,1,5-9H2,2-3H3/t10-,12-/m0/s1. The van der Waals surface area contributed by atoms with Gasteiger partial charge in [-0.1, -0.05) is 19.9 Å². The molecule has 0 aromatic rings. The second kappa shape index (κ2) is 2.84. The zero-order chi connectivity index (χ0) is 9.53. The summed E-state index contributed by atoms with van der Waals surface area (Å²) in [6, 6.07) is 0. The molecule has 1 aliphatic carbocycles. The van der Waals surface area contributed by atoms with Crippen molar-refractivity contribution >= 4 is 0 Å². The highest BCUT2D eigenvalue weighted by molar-refractivity contribution is 5.07. The van der Waals surface area contributed by atoms with Crippen LogP contribution in [0.4, 0.5) is 0 Å². The van der Waals surface area contributed by atoms with Crippen molar-refractivity contribution in [3.8, 4) is 0 Å². The zero-order valence-corrected chi connectivity index (χ0v) is 8.81. The van der Waals surface area contributed by atoms with E-state index >= 15 is 0 Å². The van der Waals surface area contributed by atoms with Gasteiger partial charge in [-0.3, -0.25) is 0 Å². The van der Waals surface area contributed by atoms with Crippen LogP contribution < -0.4 is 0 Å². The highest BCUT2D eigenvalue weighted by atomic mass is 16.6. The van der Waals surface area contributed by atoms with E-state index in [9.17, 15) is 0 Å². The molecule has 0 amide bonds. The minimum absolute atomic E-state index is 0.260. The molecule has 2 fully saturated rings. The van der Waals surface area contributed by atoms with Crippen LogP contribution >= 0.6 is 0 Å². The first kappa shape index (κ1) is 9.26. The monoisotopic (exact) mass is 180 g/mol. The van der Waals surface area contributed by atoms with Crippen molar-refractivity contribution in [2.75, 3.05) is 6.61 Å². The van der Waals surface area contributed by atoms with Crippen LogP contribution in [0.3, 0.4) is 0 Å². The van der Waals surface area contributed by atoms with Crippen molar-refractivity contribution in [3.05, 3.63) is 12.7 Å². The minimum Gasteiger partial charge on any atom is -0.369 e. The number of rotatable bonds is 2. The van der Waals surface area contributed by atoms with Crippen molar-refractivity contribution < 1.29 is 4.74 Å². The van der Waals surface area contributed by atoms with E-state index in [2.05, 4.69) is 26.5 Å². The summed E-state index contributed by atoms with van der Waals surface area (Å²) in [5.74, 6) is 0.700. The summed E-state index contributed by atoms with van der Waals surface area (Å²) < 4.78 is 5.69. The average molecular weight is 180 g/mol. The van der Waals surface area contributed by atoms with Gasteiger partial charge in [0, 0.05) is 0 Å². The Bertz CT molecular complexity index is 207. The first-order valence-electron chi connectivity index (χ1n) is 5.36. The molecule has 0 bridgehead atoms. The summed E-state index contributed by atoms with van der Waals surface area (Å²) in [5, 5.41) is 0.